The Morgan fingerprint density at radius 2 is 1.86 bits per heavy atom. The highest BCUT2D eigenvalue weighted by Crippen LogP contribution is 2.40. The number of amides is 1. The van der Waals surface area contributed by atoms with Crippen LogP contribution in [0.3, 0.4) is 0 Å². The highest BCUT2D eigenvalue weighted by molar-refractivity contribution is 7.99. The molecule has 236 valence electrons. The molecule has 1 amide bonds. The third-order valence-electron chi connectivity index (χ3n) is 7.89. The van der Waals surface area contributed by atoms with Crippen molar-refractivity contribution >= 4 is 46.9 Å². The Bertz CT molecular complexity index is 1270. The van der Waals surface area contributed by atoms with Crippen molar-refractivity contribution in [3.63, 3.8) is 0 Å². The van der Waals surface area contributed by atoms with Gasteiger partial charge in [-0.3, -0.25) is 4.79 Å². The van der Waals surface area contributed by atoms with Gasteiger partial charge in [-0.25, -0.2) is 14.8 Å². The summed E-state index contributed by atoms with van der Waals surface area (Å²) >= 11 is 8.29. The smallest absolute Gasteiger partial charge is 0.407 e. The summed E-state index contributed by atoms with van der Waals surface area (Å²) in [6, 6.07) is 5.92. The second-order valence-corrected chi connectivity index (χ2v) is 13.9. The number of hydrogen-bond donors (Lipinski definition) is 2. The van der Waals surface area contributed by atoms with E-state index in [2.05, 4.69) is 22.0 Å². The maximum Gasteiger partial charge on any atom is 0.407 e. The van der Waals surface area contributed by atoms with Crippen LogP contribution in [0, 0.1) is 11.3 Å². The lowest BCUT2D eigenvalue weighted by molar-refractivity contribution is -0.148. The molecule has 0 aliphatic carbocycles. The molecule has 2 aliphatic heterocycles. The van der Waals surface area contributed by atoms with Gasteiger partial charge in [0.15, 0.2) is 5.82 Å². The number of hydrogen-bond acceptors (Lipinski definition) is 10. The standard InChI is InChI=1S/C31H44ClN5O5S/c1-6-41-28(39)21-10-14-36(15-11-21)23-8-7-9-24(26(23)32)43-25-18-33-27(22(19-38)35-25)37-16-12-31(5,13-17-37)20-34-29(40)42-30(2,3)4/h7-9,18,21,38H,6,10-17,19-20H2,1-5H3,(H,34,40). The monoisotopic (exact) mass is 633 g/mol. The molecule has 4 rings (SSSR count). The molecule has 0 atom stereocenters. The SMILES string of the molecule is CCOC(=O)C1CCN(c2cccc(Sc3cnc(N4CCC(C)(CNC(=O)OC(C)(C)C)CC4)c(CO)n3)c2Cl)CC1. The van der Waals surface area contributed by atoms with Gasteiger partial charge in [0.2, 0.25) is 0 Å². The minimum atomic E-state index is -0.532. The molecule has 2 N–H and O–H groups in total. The number of nitrogens with zero attached hydrogens (tertiary/aromatic N) is 4. The number of ether oxygens (including phenoxy) is 2. The van der Waals surface area contributed by atoms with Gasteiger partial charge in [0.25, 0.3) is 0 Å². The van der Waals surface area contributed by atoms with Crippen molar-refractivity contribution < 1.29 is 24.2 Å². The molecule has 2 aromatic rings. The first kappa shape index (κ1) is 33.1. The molecule has 0 spiro atoms. The summed E-state index contributed by atoms with van der Waals surface area (Å²) in [5.74, 6) is 0.493. The average Bonchev–Trinajstić information content (AvgIpc) is 2.97. The number of aliphatic hydroxyl groups is 1. The Hall–Kier alpha value is -2.76. The van der Waals surface area contributed by atoms with Crippen LogP contribution in [0.1, 0.15) is 66.0 Å². The summed E-state index contributed by atoms with van der Waals surface area (Å²) in [6.45, 7) is 13.2. The normalized spacial score (nSPS) is 17.5. The maximum absolute atomic E-state index is 12.1. The number of esters is 1. The van der Waals surface area contributed by atoms with Crippen molar-refractivity contribution in [1.29, 1.82) is 0 Å². The fourth-order valence-corrected chi connectivity index (χ4v) is 6.60. The van der Waals surface area contributed by atoms with Gasteiger partial charge >= 0.3 is 12.1 Å². The number of aliphatic hydroxyl groups excluding tert-OH is 1. The van der Waals surface area contributed by atoms with E-state index in [0.29, 0.717) is 34.7 Å². The number of aromatic nitrogens is 2. The highest BCUT2D eigenvalue weighted by atomic mass is 35.5. The van der Waals surface area contributed by atoms with Crippen molar-refractivity contribution in [1.82, 2.24) is 15.3 Å². The third-order valence-corrected chi connectivity index (χ3v) is 9.37. The van der Waals surface area contributed by atoms with Crippen molar-refractivity contribution in [2.24, 2.45) is 11.3 Å². The molecule has 0 saturated carbocycles. The van der Waals surface area contributed by atoms with Gasteiger partial charge in [0.05, 0.1) is 36.0 Å². The molecule has 10 nitrogen and oxygen atoms in total. The van der Waals surface area contributed by atoms with Gasteiger partial charge < -0.3 is 29.7 Å². The molecule has 43 heavy (non-hydrogen) atoms. The molecule has 0 unspecified atom stereocenters. The summed E-state index contributed by atoms with van der Waals surface area (Å²) in [5.41, 5.74) is 0.856. The second-order valence-electron chi connectivity index (χ2n) is 12.5. The Morgan fingerprint density at radius 3 is 2.49 bits per heavy atom. The van der Waals surface area contributed by atoms with Crippen molar-refractivity contribution in [3.8, 4) is 0 Å². The van der Waals surface area contributed by atoms with Crippen molar-refractivity contribution in [3.05, 3.63) is 35.1 Å². The van der Waals surface area contributed by atoms with Crippen LogP contribution in [0.25, 0.3) is 0 Å². The van der Waals surface area contributed by atoms with Gasteiger partial charge in [0.1, 0.15) is 16.3 Å². The number of carbonyl (C=O) groups is 2. The lowest BCUT2D eigenvalue weighted by Gasteiger charge is -2.40. The number of alkyl carbamates (subject to hydrolysis) is 1. The first-order valence-electron chi connectivity index (χ1n) is 15.0. The van der Waals surface area contributed by atoms with Crippen LogP contribution >= 0.6 is 23.4 Å². The molecule has 2 aliphatic rings. The number of carbonyl (C=O) groups excluding carboxylic acids is 2. The zero-order valence-corrected chi connectivity index (χ0v) is 27.4. The summed E-state index contributed by atoms with van der Waals surface area (Å²) < 4.78 is 10.6. The number of nitrogens with one attached hydrogen (secondary N) is 1. The van der Waals surface area contributed by atoms with Crippen LogP contribution in [0.2, 0.25) is 5.02 Å². The van der Waals surface area contributed by atoms with Crippen LogP contribution in [-0.2, 0) is 20.9 Å². The molecule has 2 fully saturated rings. The third kappa shape index (κ3) is 8.89. The van der Waals surface area contributed by atoms with E-state index in [1.54, 1.807) is 6.20 Å². The molecule has 0 bridgehead atoms. The predicted octanol–water partition coefficient (Wildman–Crippen LogP) is 5.68. The molecule has 1 aromatic carbocycles. The van der Waals surface area contributed by atoms with E-state index < -0.39 is 11.7 Å². The van der Waals surface area contributed by atoms with Crippen molar-refractivity contribution in [2.45, 2.75) is 82.4 Å². The van der Waals surface area contributed by atoms with E-state index in [1.807, 2.05) is 45.9 Å². The van der Waals surface area contributed by atoms with Gasteiger partial charge in [-0.1, -0.05) is 36.4 Å². The molecular formula is C31H44ClN5O5S. The lowest BCUT2D eigenvalue weighted by Crippen LogP contribution is -2.46. The first-order chi connectivity index (χ1) is 20.4. The fraction of sp³-hybridized carbons (Fsp3) is 0.613. The summed E-state index contributed by atoms with van der Waals surface area (Å²) in [5, 5.41) is 14.4. The van der Waals surface area contributed by atoms with E-state index in [1.165, 1.54) is 11.8 Å². The quantitative estimate of drug-likeness (QED) is 0.334. The minimum absolute atomic E-state index is 0.0636. The molecule has 12 heteroatoms. The lowest BCUT2D eigenvalue weighted by atomic mass is 9.80. The number of piperidine rings is 2. The van der Waals surface area contributed by atoms with Crippen LogP contribution < -0.4 is 15.1 Å². The molecule has 2 saturated heterocycles. The number of halogens is 1. The molecule has 1 aromatic heterocycles. The van der Waals surface area contributed by atoms with E-state index in [9.17, 15) is 14.7 Å². The zero-order chi connectivity index (χ0) is 31.2. The Morgan fingerprint density at radius 1 is 1.16 bits per heavy atom. The van der Waals surface area contributed by atoms with E-state index >= 15 is 0 Å². The summed E-state index contributed by atoms with van der Waals surface area (Å²) in [6.07, 6.45) is 4.49. The van der Waals surface area contributed by atoms with Crippen LogP contribution in [-0.4, -0.2) is 72.1 Å². The predicted molar refractivity (Wildman–Crippen MR) is 169 cm³/mol. The van der Waals surface area contributed by atoms with Crippen LogP contribution in [0.4, 0.5) is 16.3 Å². The van der Waals surface area contributed by atoms with Gasteiger partial charge in [0, 0.05) is 37.6 Å². The molecule has 0 radical (unpaired) electrons. The molecule has 3 heterocycles. The minimum Gasteiger partial charge on any atom is -0.466 e. The van der Waals surface area contributed by atoms with Crippen LogP contribution in [0.15, 0.2) is 34.3 Å². The number of rotatable bonds is 9. The maximum atomic E-state index is 12.1. The van der Waals surface area contributed by atoms with E-state index in [-0.39, 0.29) is 23.9 Å². The highest BCUT2D eigenvalue weighted by Gasteiger charge is 2.33. The second kappa shape index (κ2) is 14.3. The van der Waals surface area contributed by atoms with Gasteiger partial charge in [-0.2, -0.15) is 0 Å². The number of benzene rings is 1. The molecular weight excluding hydrogens is 590 g/mol. The Kier molecular flexibility index (Phi) is 11.1. The summed E-state index contributed by atoms with van der Waals surface area (Å²) in [7, 11) is 0. The van der Waals surface area contributed by atoms with E-state index in [4.69, 9.17) is 31.0 Å². The number of anilines is 2. The van der Waals surface area contributed by atoms with Gasteiger partial charge in [-0.05, 0) is 70.9 Å². The zero-order valence-electron chi connectivity index (χ0n) is 25.8. The van der Waals surface area contributed by atoms with Crippen molar-refractivity contribution in [2.75, 3.05) is 49.1 Å². The average molecular weight is 634 g/mol. The first-order valence-corrected chi connectivity index (χ1v) is 16.2. The largest absolute Gasteiger partial charge is 0.466 e. The van der Waals surface area contributed by atoms with Gasteiger partial charge in [-0.15, -0.1) is 0 Å². The Labute approximate surface area is 263 Å². The van der Waals surface area contributed by atoms with E-state index in [0.717, 1.165) is 62.4 Å². The Balaban J connectivity index is 1.37. The fourth-order valence-electron chi connectivity index (χ4n) is 5.41. The summed E-state index contributed by atoms with van der Waals surface area (Å²) in [4.78, 5) is 38.9. The topological polar surface area (TPSA) is 117 Å². The van der Waals surface area contributed by atoms with Crippen LogP contribution in [0.5, 0.6) is 0 Å².